The Kier molecular flexibility index (Phi) is 30.7. The highest BCUT2D eigenvalue weighted by Gasteiger charge is 2.28. The number of carbonyl (C=O) groups is 1. The molecule has 8 nitrogen and oxygen atoms in total. The molecule has 1 amide bonds. The van der Waals surface area contributed by atoms with Crippen LogP contribution < -0.4 is 5.32 Å². The highest BCUT2D eigenvalue weighted by Crippen LogP contribution is 2.43. The molecule has 0 aliphatic carbocycles. The van der Waals surface area contributed by atoms with E-state index in [0.717, 1.165) is 51.4 Å². The van der Waals surface area contributed by atoms with Crippen LogP contribution in [0, 0.1) is 0 Å². The average Bonchev–Trinajstić information content (AvgIpc) is 3.01. The van der Waals surface area contributed by atoms with Gasteiger partial charge in [-0.2, -0.15) is 0 Å². The topological polar surface area (TPSA) is 105 Å². The van der Waals surface area contributed by atoms with Crippen LogP contribution in [-0.2, 0) is 18.4 Å². The Hall–Kier alpha value is -0.760. The van der Waals surface area contributed by atoms with E-state index in [1.165, 1.54) is 96.3 Å². The summed E-state index contributed by atoms with van der Waals surface area (Å²) >= 11 is 0. The lowest BCUT2D eigenvalue weighted by atomic mass is 10.0. The first-order valence-corrected chi connectivity index (χ1v) is 21.0. The summed E-state index contributed by atoms with van der Waals surface area (Å²) in [5.41, 5.74) is 0. The number of allylic oxidation sites excluding steroid dienone is 2. The molecule has 280 valence electrons. The molecule has 9 heteroatoms. The Labute approximate surface area is 291 Å². The largest absolute Gasteiger partial charge is 0.472 e. The van der Waals surface area contributed by atoms with Gasteiger partial charge in [-0.3, -0.25) is 13.8 Å². The first-order valence-electron chi connectivity index (χ1n) is 19.6. The molecular formula is C38H78N2O6P+. The lowest BCUT2D eigenvalue weighted by Gasteiger charge is -2.26. The quantitative estimate of drug-likeness (QED) is 0.0265. The normalized spacial score (nSPS) is 14.8. The van der Waals surface area contributed by atoms with Gasteiger partial charge < -0.3 is 19.8 Å². The number of phosphoric acid groups is 1. The summed E-state index contributed by atoms with van der Waals surface area (Å²) in [7, 11) is 1.61. The molecule has 0 aromatic carbocycles. The van der Waals surface area contributed by atoms with E-state index in [1.807, 2.05) is 21.1 Å². The Morgan fingerprint density at radius 3 is 1.68 bits per heavy atom. The van der Waals surface area contributed by atoms with Gasteiger partial charge in [0.1, 0.15) is 13.2 Å². The second-order valence-corrected chi connectivity index (χ2v) is 16.1. The molecule has 0 rings (SSSR count). The molecule has 3 atom stereocenters. The molecular weight excluding hydrogens is 611 g/mol. The minimum atomic E-state index is -4.30. The Bertz CT molecular complexity index is 789. The first-order chi connectivity index (χ1) is 22.5. The fourth-order valence-corrected chi connectivity index (χ4v) is 6.30. The van der Waals surface area contributed by atoms with E-state index in [2.05, 4.69) is 31.3 Å². The van der Waals surface area contributed by atoms with Gasteiger partial charge >= 0.3 is 7.82 Å². The third kappa shape index (κ3) is 33.5. The minimum absolute atomic E-state index is 0.0745. The zero-order valence-electron chi connectivity index (χ0n) is 31.5. The third-order valence-electron chi connectivity index (χ3n) is 8.76. The molecule has 0 aliphatic rings. The van der Waals surface area contributed by atoms with E-state index >= 15 is 0 Å². The lowest BCUT2D eigenvalue weighted by Crippen LogP contribution is -2.46. The molecule has 47 heavy (non-hydrogen) atoms. The van der Waals surface area contributed by atoms with Gasteiger partial charge in [0.25, 0.3) is 0 Å². The maximum absolute atomic E-state index is 12.8. The number of quaternary nitrogens is 1. The van der Waals surface area contributed by atoms with Crippen LogP contribution in [-0.4, -0.2) is 73.4 Å². The molecule has 0 aromatic rings. The van der Waals surface area contributed by atoms with Crippen molar-refractivity contribution < 1.29 is 32.9 Å². The summed E-state index contributed by atoms with van der Waals surface area (Å²) < 4.78 is 23.5. The van der Waals surface area contributed by atoms with Gasteiger partial charge in [-0.1, -0.05) is 142 Å². The zero-order valence-corrected chi connectivity index (χ0v) is 32.4. The van der Waals surface area contributed by atoms with Gasteiger partial charge in [0.15, 0.2) is 0 Å². The van der Waals surface area contributed by atoms with Crippen LogP contribution in [0.15, 0.2) is 12.2 Å². The van der Waals surface area contributed by atoms with Gasteiger partial charge in [0, 0.05) is 6.42 Å². The van der Waals surface area contributed by atoms with Crippen molar-refractivity contribution in [1.82, 2.24) is 5.32 Å². The molecule has 3 unspecified atom stereocenters. The molecule has 3 N–H and O–H groups in total. The lowest BCUT2D eigenvalue weighted by molar-refractivity contribution is -0.870. The molecule has 0 heterocycles. The summed E-state index contributed by atoms with van der Waals surface area (Å²) in [4.78, 5) is 23.0. The number of carbonyl (C=O) groups excluding carboxylic acids is 1. The Morgan fingerprint density at radius 2 is 1.15 bits per heavy atom. The SMILES string of the molecule is CCCCC/C=C\CCCCCCCC(=O)NC(COP(=O)(O)OCC[N+](C)(C)C)C(O)CCCCCCCCCCCCCCC. The summed E-state index contributed by atoms with van der Waals surface area (Å²) in [5.74, 6) is -0.156. The fourth-order valence-electron chi connectivity index (χ4n) is 5.57. The molecule has 0 aliphatic heterocycles. The van der Waals surface area contributed by atoms with E-state index in [9.17, 15) is 19.4 Å². The van der Waals surface area contributed by atoms with Crippen LogP contribution in [0.2, 0.25) is 0 Å². The van der Waals surface area contributed by atoms with Gasteiger partial charge in [0.05, 0.1) is 39.9 Å². The summed E-state index contributed by atoms with van der Waals surface area (Å²) in [6.07, 6.45) is 32.2. The van der Waals surface area contributed by atoms with Crippen LogP contribution in [0.3, 0.4) is 0 Å². The summed E-state index contributed by atoms with van der Waals surface area (Å²) in [6, 6.07) is -0.758. The number of hydrogen-bond acceptors (Lipinski definition) is 5. The van der Waals surface area contributed by atoms with Gasteiger partial charge in [0.2, 0.25) is 5.91 Å². The van der Waals surface area contributed by atoms with E-state index in [4.69, 9.17) is 9.05 Å². The number of aliphatic hydroxyl groups excluding tert-OH is 1. The molecule has 0 fully saturated rings. The number of hydrogen-bond donors (Lipinski definition) is 3. The summed E-state index contributed by atoms with van der Waals surface area (Å²) in [6.45, 7) is 4.84. The number of phosphoric ester groups is 1. The van der Waals surface area contributed by atoms with Crippen molar-refractivity contribution in [2.75, 3.05) is 40.9 Å². The fraction of sp³-hybridized carbons (Fsp3) is 0.921. The first kappa shape index (κ1) is 46.2. The Morgan fingerprint density at radius 1 is 0.702 bits per heavy atom. The maximum Gasteiger partial charge on any atom is 0.472 e. The van der Waals surface area contributed by atoms with Crippen molar-refractivity contribution in [3.8, 4) is 0 Å². The van der Waals surface area contributed by atoms with Crippen molar-refractivity contribution in [1.29, 1.82) is 0 Å². The molecule has 0 aromatic heterocycles. The molecule has 0 saturated carbocycles. The van der Waals surface area contributed by atoms with Crippen molar-refractivity contribution in [2.24, 2.45) is 0 Å². The van der Waals surface area contributed by atoms with E-state index in [-0.39, 0.29) is 19.1 Å². The second kappa shape index (κ2) is 31.2. The van der Waals surface area contributed by atoms with Gasteiger partial charge in [-0.05, 0) is 38.5 Å². The highest BCUT2D eigenvalue weighted by molar-refractivity contribution is 7.47. The number of nitrogens with one attached hydrogen (secondary N) is 1. The number of aliphatic hydroxyl groups is 1. The molecule has 0 saturated heterocycles. The van der Waals surface area contributed by atoms with Crippen LogP contribution >= 0.6 is 7.82 Å². The highest BCUT2D eigenvalue weighted by atomic mass is 31.2. The van der Waals surface area contributed by atoms with Gasteiger partial charge in [-0.25, -0.2) is 4.57 Å². The van der Waals surface area contributed by atoms with Crippen LogP contribution in [0.25, 0.3) is 0 Å². The van der Waals surface area contributed by atoms with Crippen LogP contribution in [0.4, 0.5) is 0 Å². The second-order valence-electron chi connectivity index (χ2n) is 14.7. The Balaban J connectivity index is 4.47. The van der Waals surface area contributed by atoms with Crippen LogP contribution in [0.1, 0.15) is 174 Å². The van der Waals surface area contributed by atoms with Gasteiger partial charge in [-0.15, -0.1) is 0 Å². The number of unbranched alkanes of at least 4 members (excludes halogenated alkanes) is 20. The minimum Gasteiger partial charge on any atom is -0.391 e. The van der Waals surface area contributed by atoms with E-state index < -0.39 is 20.0 Å². The van der Waals surface area contributed by atoms with E-state index in [0.29, 0.717) is 23.9 Å². The average molecular weight is 690 g/mol. The van der Waals surface area contributed by atoms with Crippen molar-refractivity contribution in [3.05, 3.63) is 12.2 Å². The predicted octanol–water partition coefficient (Wildman–Crippen LogP) is 10.0. The predicted molar refractivity (Wildman–Crippen MR) is 198 cm³/mol. The monoisotopic (exact) mass is 690 g/mol. The number of likely N-dealkylation sites (N-methyl/N-ethyl adjacent to an activating group) is 1. The zero-order chi connectivity index (χ0) is 35.1. The van der Waals surface area contributed by atoms with E-state index in [1.54, 1.807) is 0 Å². The van der Waals surface area contributed by atoms with Crippen molar-refractivity contribution in [2.45, 2.75) is 187 Å². The molecule has 0 spiro atoms. The molecule has 0 bridgehead atoms. The van der Waals surface area contributed by atoms with Crippen LogP contribution in [0.5, 0.6) is 0 Å². The smallest absolute Gasteiger partial charge is 0.391 e. The maximum atomic E-state index is 12.8. The van der Waals surface area contributed by atoms with Crippen molar-refractivity contribution >= 4 is 13.7 Å². The third-order valence-corrected chi connectivity index (χ3v) is 9.75. The number of amides is 1. The summed E-state index contributed by atoms with van der Waals surface area (Å²) in [5, 5.41) is 13.9. The molecule has 0 radical (unpaired) electrons. The standard InChI is InChI=1S/C38H77N2O6P/c1-6-8-10-12-14-16-18-20-21-23-25-27-29-31-37(41)36(35-46-47(43,44)45-34-33-40(3,4)5)39-38(42)32-30-28-26-24-22-19-17-15-13-11-9-7-2/h15,17,36-37,41H,6-14,16,18-35H2,1-5H3,(H-,39,42,43,44)/p+1/b17-15-. The number of nitrogens with zero attached hydrogens (tertiary/aromatic N) is 1. The number of rotatable bonds is 35. The van der Waals surface area contributed by atoms with Crippen molar-refractivity contribution in [3.63, 3.8) is 0 Å².